The van der Waals surface area contributed by atoms with E-state index in [4.69, 9.17) is 0 Å². The molecular formula is C8H9BrF2N2O2S. The van der Waals surface area contributed by atoms with Crippen molar-refractivity contribution in [3.8, 4) is 0 Å². The van der Waals surface area contributed by atoms with Crippen molar-refractivity contribution in [2.45, 2.75) is 4.90 Å². The Morgan fingerprint density at radius 2 is 1.88 bits per heavy atom. The minimum atomic E-state index is -4.05. The van der Waals surface area contributed by atoms with Crippen LogP contribution in [0.1, 0.15) is 0 Å². The Morgan fingerprint density at radius 1 is 1.31 bits per heavy atom. The first-order chi connectivity index (χ1) is 7.24. The molecule has 0 aliphatic rings. The quantitative estimate of drug-likeness (QED) is 0.860. The normalized spacial score (nSPS) is 12.1. The van der Waals surface area contributed by atoms with Gasteiger partial charge in [-0.05, 0) is 22.0 Å². The largest absolute Gasteiger partial charge is 0.257 e. The van der Waals surface area contributed by atoms with Gasteiger partial charge in [0.2, 0.25) is 0 Å². The summed E-state index contributed by atoms with van der Waals surface area (Å²) < 4.78 is 49.2. The van der Waals surface area contributed by atoms with Crippen LogP contribution in [0.2, 0.25) is 0 Å². The molecule has 1 rings (SSSR count). The fraction of sp³-hybridized carbons (Fsp3) is 0.250. The number of hydrogen-bond acceptors (Lipinski definition) is 3. The summed E-state index contributed by atoms with van der Waals surface area (Å²) in [5.74, 6) is -2.01. The molecule has 0 aromatic heterocycles. The van der Waals surface area contributed by atoms with Gasteiger partial charge in [-0.2, -0.15) is 0 Å². The second-order valence-corrected chi connectivity index (χ2v) is 5.64. The number of nitrogens with one attached hydrogen (secondary N) is 1. The molecule has 4 nitrogen and oxygen atoms in total. The lowest BCUT2D eigenvalue weighted by Gasteiger charge is -2.14. The van der Waals surface area contributed by atoms with Gasteiger partial charge in [0.15, 0.2) is 0 Å². The van der Waals surface area contributed by atoms with Crippen molar-refractivity contribution in [1.29, 1.82) is 0 Å². The van der Waals surface area contributed by atoms with Crippen molar-refractivity contribution in [3.05, 3.63) is 28.2 Å². The lowest BCUT2D eigenvalue weighted by Crippen LogP contribution is -2.36. The second-order valence-electron chi connectivity index (χ2n) is 3.19. The van der Waals surface area contributed by atoms with Crippen molar-refractivity contribution in [1.82, 2.24) is 9.84 Å². The fourth-order valence-electron chi connectivity index (χ4n) is 1.07. The van der Waals surface area contributed by atoms with Crippen LogP contribution in [0, 0.1) is 11.6 Å². The average molecular weight is 315 g/mol. The fourth-order valence-corrected chi connectivity index (χ4v) is 3.32. The van der Waals surface area contributed by atoms with Crippen LogP contribution in [0.4, 0.5) is 8.78 Å². The maximum absolute atomic E-state index is 13.3. The highest BCUT2D eigenvalue weighted by atomic mass is 79.9. The molecule has 1 N–H and O–H groups in total. The topological polar surface area (TPSA) is 49.4 Å². The zero-order chi connectivity index (χ0) is 12.5. The Balaban J connectivity index is 3.34. The van der Waals surface area contributed by atoms with Crippen molar-refractivity contribution >= 4 is 26.0 Å². The van der Waals surface area contributed by atoms with Gasteiger partial charge in [0, 0.05) is 24.6 Å². The van der Waals surface area contributed by atoms with Crippen LogP contribution < -0.4 is 4.83 Å². The number of hydrazine groups is 1. The van der Waals surface area contributed by atoms with Crippen molar-refractivity contribution in [2.24, 2.45) is 0 Å². The van der Waals surface area contributed by atoms with Gasteiger partial charge in [-0.3, -0.25) is 0 Å². The zero-order valence-corrected chi connectivity index (χ0v) is 10.9. The van der Waals surface area contributed by atoms with Crippen molar-refractivity contribution < 1.29 is 17.2 Å². The Morgan fingerprint density at radius 3 is 2.31 bits per heavy atom. The average Bonchev–Trinajstić information content (AvgIpc) is 1.96. The second kappa shape index (κ2) is 4.74. The van der Waals surface area contributed by atoms with Crippen LogP contribution in [0.15, 0.2) is 21.5 Å². The van der Waals surface area contributed by atoms with E-state index in [1.165, 1.54) is 14.1 Å². The highest BCUT2D eigenvalue weighted by molar-refractivity contribution is 9.10. The van der Waals surface area contributed by atoms with Crippen molar-refractivity contribution in [2.75, 3.05) is 14.1 Å². The molecule has 1 aromatic carbocycles. The molecule has 8 heteroatoms. The van der Waals surface area contributed by atoms with Crippen LogP contribution in [-0.2, 0) is 10.0 Å². The molecule has 0 saturated carbocycles. The summed E-state index contributed by atoms with van der Waals surface area (Å²) in [5, 5.41) is 1.14. The van der Waals surface area contributed by atoms with E-state index in [2.05, 4.69) is 15.9 Å². The summed E-state index contributed by atoms with van der Waals surface area (Å²) in [4.78, 5) is 1.43. The Bertz CT molecular complexity index is 482. The predicted molar refractivity (Wildman–Crippen MR) is 58.1 cm³/mol. The van der Waals surface area contributed by atoms with Gasteiger partial charge in [-0.25, -0.2) is 22.2 Å². The van der Waals surface area contributed by atoms with Gasteiger partial charge < -0.3 is 0 Å². The Labute approximate surface area is 100 Å². The lowest BCUT2D eigenvalue weighted by atomic mass is 10.3. The number of rotatable bonds is 3. The van der Waals surface area contributed by atoms with Crippen LogP contribution in [-0.4, -0.2) is 27.5 Å². The van der Waals surface area contributed by atoms with E-state index >= 15 is 0 Å². The van der Waals surface area contributed by atoms with Gasteiger partial charge >= 0.3 is 0 Å². The molecule has 1 aromatic rings. The summed E-state index contributed by atoms with van der Waals surface area (Å²) in [5.41, 5.74) is 0. The molecular weight excluding hydrogens is 306 g/mol. The molecule has 0 aliphatic carbocycles. The van der Waals surface area contributed by atoms with E-state index in [9.17, 15) is 17.2 Å². The van der Waals surface area contributed by atoms with Gasteiger partial charge in [0.25, 0.3) is 10.0 Å². The first-order valence-electron chi connectivity index (χ1n) is 4.08. The highest BCUT2D eigenvalue weighted by Gasteiger charge is 2.24. The molecule has 0 atom stereocenters. The van der Waals surface area contributed by atoms with Gasteiger partial charge in [0.1, 0.15) is 16.5 Å². The van der Waals surface area contributed by atoms with E-state index in [0.717, 1.165) is 11.1 Å². The van der Waals surface area contributed by atoms with Crippen molar-refractivity contribution in [3.63, 3.8) is 0 Å². The molecule has 0 spiro atoms. The Hall–Kier alpha value is -0.570. The molecule has 90 valence electrons. The maximum Gasteiger partial charge on any atom is 0.257 e. The molecule has 0 radical (unpaired) electrons. The van der Waals surface area contributed by atoms with E-state index in [0.29, 0.717) is 6.07 Å². The molecule has 0 amide bonds. The first kappa shape index (κ1) is 13.5. The molecule has 0 unspecified atom stereocenters. The molecule has 0 saturated heterocycles. The van der Waals surface area contributed by atoms with Crippen LogP contribution in [0.25, 0.3) is 0 Å². The molecule has 0 heterocycles. The zero-order valence-electron chi connectivity index (χ0n) is 8.46. The number of hydrogen-bond donors (Lipinski definition) is 1. The van der Waals surface area contributed by atoms with Gasteiger partial charge in [0.05, 0.1) is 0 Å². The smallest absolute Gasteiger partial charge is 0.237 e. The molecule has 0 fully saturated rings. The van der Waals surface area contributed by atoms with E-state index in [-0.39, 0.29) is 4.47 Å². The van der Waals surface area contributed by atoms with E-state index < -0.39 is 26.6 Å². The number of halogens is 3. The van der Waals surface area contributed by atoms with Gasteiger partial charge in [-0.1, -0.05) is 0 Å². The summed E-state index contributed by atoms with van der Waals surface area (Å²) in [6.45, 7) is 0. The van der Waals surface area contributed by atoms with Crippen LogP contribution in [0.5, 0.6) is 0 Å². The third kappa shape index (κ3) is 2.97. The minimum absolute atomic E-state index is 0.167. The minimum Gasteiger partial charge on any atom is -0.237 e. The third-order valence-corrected chi connectivity index (χ3v) is 3.98. The highest BCUT2D eigenvalue weighted by Crippen LogP contribution is 2.25. The third-order valence-electron chi connectivity index (χ3n) is 1.53. The van der Waals surface area contributed by atoms with Gasteiger partial charge in [-0.15, -0.1) is 4.83 Å². The summed E-state index contributed by atoms with van der Waals surface area (Å²) in [6.07, 6.45) is 0. The van der Waals surface area contributed by atoms with Crippen LogP contribution >= 0.6 is 15.9 Å². The van der Waals surface area contributed by atoms with E-state index in [1.54, 1.807) is 0 Å². The SMILES string of the molecule is CN(C)NS(=O)(=O)c1c(F)cc(F)cc1Br. The number of nitrogens with zero attached hydrogens (tertiary/aromatic N) is 1. The maximum atomic E-state index is 13.3. The number of benzene rings is 1. The monoisotopic (exact) mass is 314 g/mol. The molecule has 0 bridgehead atoms. The molecule has 16 heavy (non-hydrogen) atoms. The first-order valence-corrected chi connectivity index (χ1v) is 6.36. The lowest BCUT2D eigenvalue weighted by molar-refractivity contribution is 0.362. The molecule has 0 aliphatic heterocycles. The van der Waals surface area contributed by atoms with Crippen LogP contribution in [0.3, 0.4) is 0 Å². The number of sulfonamides is 1. The summed E-state index contributed by atoms with van der Waals surface area (Å²) in [7, 11) is -1.18. The summed E-state index contributed by atoms with van der Waals surface area (Å²) in [6, 6.07) is 1.39. The van der Waals surface area contributed by atoms with E-state index in [1.807, 2.05) is 4.83 Å². The summed E-state index contributed by atoms with van der Waals surface area (Å²) >= 11 is 2.81. The predicted octanol–water partition coefficient (Wildman–Crippen LogP) is 1.48. The Kier molecular flexibility index (Phi) is 4.00. The standard InChI is InChI=1S/C8H9BrF2N2O2S/c1-13(2)12-16(14,15)8-6(9)3-5(10)4-7(8)11/h3-4,12H,1-2H3.